The minimum Gasteiger partial charge on any atom is -0.497 e. The molecule has 22 heavy (non-hydrogen) atoms. The number of hydrogen-bond donors (Lipinski definition) is 2. The quantitative estimate of drug-likeness (QED) is 0.762. The molecular weight excluding hydrogens is 278 g/mol. The Morgan fingerprint density at radius 3 is 2.68 bits per heavy atom. The first-order valence-electron chi connectivity index (χ1n) is 7.54. The number of methoxy groups -OCH3 is 1. The van der Waals surface area contributed by atoms with Crippen LogP contribution in [0.5, 0.6) is 5.75 Å². The third kappa shape index (κ3) is 5.53. The van der Waals surface area contributed by atoms with E-state index in [9.17, 15) is 9.90 Å². The van der Waals surface area contributed by atoms with E-state index in [1.54, 1.807) is 13.2 Å². The molecule has 0 radical (unpaired) electrons. The number of carbonyl (C=O) groups excluding carboxylic acids is 1. The van der Waals surface area contributed by atoms with E-state index >= 15 is 0 Å². The third-order valence-corrected chi connectivity index (χ3v) is 3.67. The van der Waals surface area contributed by atoms with Crippen molar-refractivity contribution in [2.45, 2.75) is 33.8 Å². The van der Waals surface area contributed by atoms with Crippen LogP contribution in [0.2, 0.25) is 0 Å². The van der Waals surface area contributed by atoms with Crippen LogP contribution in [0.3, 0.4) is 0 Å². The van der Waals surface area contributed by atoms with Gasteiger partial charge in [-0.25, -0.2) is 0 Å². The lowest BCUT2D eigenvalue weighted by molar-refractivity contribution is -0.117. The van der Waals surface area contributed by atoms with Crippen molar-refractivity contribution in [3.05, 3.63) is 35.9 Å². The van der Waals surface area contributed by atoms with E-state index in [2.05, 4.69) is 5.32 Å². The van der Waals surface area contributed by atoms with Gasteiger partial charge in [-0.1, -0.05) is 39.8 Å². The summed E-state index contributed by atoms with van der Waals surface area (Å²) in [5.74, 6) is 0.731. The molecule has 0 bridgehead atoms. The summed E-state index contributed by atoms with van der Waals surface area (Å²) in [5.41, 5.74) is 0.532. The highest BCUT2D eigenvalue weighted by molar-refractivity contribution is 5.91. The van der Waals surface area contributed by atoms with E-state index in [-0.39, 0.29) is 17.2 Å². The fraction of sp³-hybridized carbons (Fsp3) is 0.500. The predicted molar refractivity (Wildman–Crippen MR) is 89.7 cm³/mol. The molecule has 0 saturated carbocycles. The molecule has 0 saturated heterocycles. The van der Waals surface area contributed by atoms with Crippen LogP contribution in [-0.2, 0) is 4.79 Å². The van der Waals surface area contributed by atoms with Crippen molar-refractivity contribution in [1.82, 2.24) is 5.32 Å². The second-order valence-corrected chi connectivity index (χ2v) is 6.51. The smallest absolute Gasteiger partial charge is 0.244 e. The molecule has 4 nitrogen and oxygen atoms in total. The van der Waals surface area contributed by atoms with Crippen molar-refractivity contribution in [2.75, 3.05) is 13.7 Å². The Morgan fingerprint density at radius 1 is 1.41 bits per heavy atom. The van der Waals surface area contributed by atoms with E-state index in [1.807, 2.05) is 52.0 Å². The Hall–Kier alpha value is -1.81. The summed E-state index contributed by atoms with van der Waals surface area (Å²) in [6.07, 6.45) is 2.77. The zero-order valence-electron chi connectivity index (χ0n) is 14.1. The van der Waals surface area contributed by atoms with Crippen LogP contribution in [-0.4, -0.2) is 30.8 Å². The highest BCUT2D eigenvalue weighted by atomic mass is 16.5. The molecule has 0 aliphatic rings. The van der Waals surface area contributed by atoms with Gasteiger partial charge in [-0.15, -0.1) is 0 Å². The molecule has 1 rings (SSSR count). The van der Waals surface area contributed by atoms with E-state index in [1.165, 1.54) is 6.08 Å². The van der Waals surface area contributed by atoms with Crippen LogP contribution < -0.4 is 10.1 Å². The first-order valence-corrected chi connectivity index (χ1v) is 7.54. The molecule has 0 aliphatic heterocycles. The molecule has 0 fully saturated rings. The summed E-state index contributed by atoms with van der Waals surface area (Å²) < 4.78 is 5.14. The molecule has 1 aromatic carbocycles. The van der Waals surface area contributed by atoms with Crippen LogP contribution in [0.25, 0.3) is 6.08 Å². The number of ether oxygens (including phenoxy) is 1. The molecule has 0 spiro atoms. The number of aliphatic hydroxyl groups excluding tert-OH is 1. The van der Waals surface area contributed by atoms with Crippen LogP contribution in [0.1, 0.15) is 33.3 Å². The topological polar surface area (TPSA) is 58.6 Å². The Morgan fingerprint density at radius 2 is 2.09 bits per heavy atom. The summed E-state index contributed by atoms with van der Waals surface area (Å²) in [7, 11) is 1.61. The molecular formula is C18H27NO3. The maximum Gasteiger partial charge on any atom is 0.244 e. The monoisotopic (exact) mass is 305 g/mol. The van der Waals surface area contributed by atoms with Crippen LogP contribution in [0.15, 0.2) is 30.3 Å². The molecule has 4 heteroatoms. The van der Waals surface area contributed by atoms with Crippen LogP contribution in [0, 0.1) is 11.3 Å². The summed E-state index contributed by atoms with van der Waals surface area (Å²) in [5, 5.41) is 13.0. The second-order valence-electron chi connectivity index (χ2n) is 6.51. The largest absolute Gasteiger partial charge is 0.497 e. The van der Waals surface area contributed by atoms with Gasteiger partial charge in [-0.3, -0.25) is 4.79 Å². The Balaban J connectivity index is 2.57. The standard InChI is InChI=1S/C18H27NO3/c1-13(2)17(21)18(3,4)12-19-16(20)10-9-14-7-6-8-15(11-14)22-5/h6-11,13,17,21H,12H2,1-5H3,(H,19,20)/b10-9+. The molecule has 122 valence electrons. The summed E-state index contributed by atoms with van der Waals surface area (Å²) in [6, 6.07) is 7.49. The van der Waals surface area contributed by atoms with Gasteiger partial charge in [0.1, 0.15) is 5.75 Å². The Kier molecular flexibility index (Phi) is 6.62. The highest BCUT2D eigenvalue weighted by Gasteiger charge is 2.30. The number of amides is 1. The van der Waals surface area contributed by atoms with Gasteiger partial charge in [0.25, 0.3) is 0 Å². The fourth-order valence-corrected chi connectivity index (χ4v) is 2.30. The molecule has 2 N–H and O–H groups in total. The maximum absolute atomic E-state index is 11.9. The van der Waals surface area contributed by atoms with Gasteiger partial charge in [0.15, 0.2) is 0 Å². The van der Waals surface area contributed by atoms with Crippen molar-refractivity contribution < 1.29 is 14.6 Å². The zero-order valence-corrected chi connectivity index (χ0v) is 14.1. The van der Waals surface area contributed by atoms with Gasteiger partial charge in [0, 0.05) is 18.0 Å². The fourth-order valence-electron chi connectivity index (χ4n) is 2.30. The number of aliphatic hydroxyl groups is 1. The van der Waals surface area contributed by atoms with Crippen molar-refractivity contribution in [3.63, 3.8) is 0 Å². The number of carbonyl (C=O) groups is 1. The van der Waals surface area contributed by atoms with Crippen LogP contribution >= 0.6 is 0 Å². The molecule has 1 aromatic rings. The first-order chi connectivity index (χ1) is 10.3. The van der Waals surface area contributed by atoms with E-state index in [0.29, 0.717) is 6.54 Å². The van der Waals surface area contributed by atoms with E-state index < -0.39 is 6.10 Å². The highest BCUT2D eigenvalue weighted by Crippen LogP contribution is 2.25. The van der Waals surface area contributed by atoms with E-state index in [4.69, 9.17) is 4.74 Å². The molecule has 0 aromatic heterocycles. The molecule has 1 unspecified atom stereocenters. The average Bonchev–Trinajstić information content (AvgIpc) is 2.50. The van der Waals surface area contributed by atoms with E-state index in [0.717, 1.165) is 11.3 Å². The predicted octanol–water partition coefficient (Wildman–Crippen LogP) is 2.87. The average molecular weight is 305 g/mol. The zero-order chi connectivity index (χ0) is 16.8. The lowest BCUT2D eigenvalue weighted by Crippen LogP contribution is -2.43. The van der Waals surface area contributed by atoms with Gasteiger partial charge in [-0.05, 0) is 29.7 Å². The second kappa shape index (κ2) is 7.99. The number of benzene rings is 1. The van der Waals surface area contributed by atoms with Crippen molar-refractivity contribution in [1.29, 1.82) is 0 Å². The number of nitrogens with one attached hydrogen (secondary N) is 1. The normalized spacial score (nSPS) is 13.4. The molecule has 0 aliphatic carbocycles. The molecule has 0 heterocycles. The Labute approximate surface area is 133 Å². The molecule has 1 atom stereocenters. The number of rotatable bonds is 7. The molecule has 1 amide bonds. The van der Waals surface area contributed by atoms with Gasteiger partial charge < -0.3 is 15.2 Å². The van der Waals surface area contributed by atoms with Gasteiger partial charge in [0.05, 0.1) is 13.2 Å². The summed E-state index contributed by atoms with van der Waals surface area (Å²) in [4.78, 5) is 11.9. The summed E-state index contributed by atoms with van der Waals surface area (Å²) >= 11 is 0. The van der Waals surface area contributed by atoms with Crippen molar-refractivity contribution >= 4 is 12.0 Å². The summed E-state index contributed by atoms with van der Waals surface area (Å²) in [6.45, 7) is 8.26. The first kappa shape index (κ1) is 18.2. The van der Waals surface area contributed by atoms with Crippen molar-refractivity contribution in [3.8, 4) is 5.75 Å². The SMILES string of the molecule is COc1cccc(/C=C/C(=O)NCC(C)(C)C(O)C(C)C)c1. The Bertz CT molecular complexity index is 521. The number of hydrogen-bond acceptors (Lipinski definition) is 3. The maximum atomic E-state index is 11.9. The lowest BCUT2D eigenvalue weighted by atomic mass is 9.81. The van der Waals surface area contributed by atoms with Gasteiger partial charge in [0.2, 0.25) is 5.91 Å². The van der Waals surface area contributed by atoms with Crippen LogP contribution in [0.4, 0.5) is 0 Å². The van der Waals surface area contributed by atoms with Crippen molar-refractivity contribution in [2.24, 2.45) is 11.3 Å². The third-order valence-electron chi connectivity index (χ3n) is 3.67. The lowest BCUT2D eigenvalue weighted by Gasteiger charge is -2.33. The van der Waals surface area contributed by atoms with Gasteiger partial charge >= 0.3 is 0 Å². The van der Waals surface area contributed by atoms with Gasteiger partial charge in [-0.2, -0.15) is 0 Å². The minimum atomic E-state index is -0.463. The minimum absolute atomic E-state index is 0.152.